The van der Waals surface area contributed by atoms with E-state index in [1.54, 1.807) is 9.80 Å². The summed E-state index contributed by atoms with van der Waals surface area (Å²) in [5, 5.41) is 2.21. The van der Waals surface area contributed by atoms with E-state index < -0.39 is 0 Å². The molecule has 2 fully saturated rings. The highest BCUT2D eigenvalue weighted by Gasteiger charge is 2.33. The summed E-state index contributed by atoms with van der Waals surface area (Å²) < 4.78 is 0. The van der Waals surface area contributed by atoms with Crippen LogP contribution in [0.5, 0.6) is 0 Å². The molecule has 160 valence electrons. The van der Waals surface area contributed by atoms with Gasteiger partial charge in [-0.2, -0.15) is 0 Å². The fourth-order valence-corrected chi connectivity index (χ4v) is 5.48. The van der Waals surface area contributed by atoms with Crippen molar-refractivity contribution in [2.75, 3.05) is 39.3 Å². The van der Waals surface area contributed by atoms with Crippen LogP contribution >= 0.6 is 0 Å². The first-order valence-corrected chi connectivity index (χ1v) is 11.8. The van der Waals surface area contributed by atoms with Crippen molar-refractivity contribution in [3.63, 3.8) is 0 Å². The van der Waals surface area contributed by atoms with E-state index in [2.05, 4.69) is 53.4 Å². The number of fused-ring (bicyclic) bond motifs is 1. The lowest BCUT2D eigenvalue weighted by Crippen LogP contribution is -3.21. The van der Waals surface area contributed by atoms with Crippen molar-refractivity contribution < 1.29 is 14.6 Å². The number of likely N-dealkylation sites (tertiary alicyclic amines) is 1. The Hall–Kier alpha value is -2.69. The smallest absolute Gasteiger partial charge is 0.254 e. The largest absolute Gasteiger partial charge is 0.331 e. The van der Waals surface area contributed by atoms with Crippen LogP contribution in [0.4, 0.5) is 0 Å². The number of hydrogen-bond donors (Lipinski definition) is 2. The van der Waals surface area contributed by atoms with Crippen molar-refractivity contribution in [2.24, 2.45) is 0 Å². The van der Waals surface area contributed by atoms with Crippen molar-refractivity contribution in [1.29, 1.82) is 0 Å². The van der Waals surface area contributed by atoms with Crippen molar-refractivity contribution in [1.82, 2.24) is 4.90 Å². The third-order valence-corrected chi connectivity index (χ3v) is 7.28. The summed E-state index contributed by atoms with van der Waals surface area (Å²) in [5.41, 5.74) is 2.29. The molecule has 4 nitrogen and oxygen atoms in total. The molecular weight excluding hydrogens is 382 g/mol. The molecule has 2 heterocycles. The molecule has 1 amide bonds. The van der Waals surface area contributed by atoms with Crippen LogP contribution < -0.4 is 9.80 Å². The van der Waals surface area contributed by atoms with E-state index in [1.807, 2.05) is 24.3 Å². The Balaban J connectivity index is 1.14. The summed E-state index contributed by atoms with van der Waals surface area (Å²) >= 11 is 0. The second-order valence-electron chi connectivity index (χ2n) is 9.16. The summed E-state index contributed by atoms with van der Waals surface area (Å²) in [6.07, 6.45) is 2.60. The Labute approximate surface area is 185 Å². The molecule has 2 N–H and O–H groups in total. The van der Waals surface area contributed by atoms with Gasteiger partial charge in [-0.05, 0) is 16.8 Å². The Bertz CT molecular complexity index is 1010. The van der Waals surface area contributed by atoms with E-state index >= 15 is 0 Å². The number of amides is 1. The van der Waals surface area contributed by atoms with Gasteiger partial charge in [0.25, 0.3) is 5.91 Å². The van der Waals surface area contributed by atoms with E-state index in [1.165, 1.54) is 31.5 Å². The van der Waals surface area contributed by atoms with Gasteiger partial charge in [-0.25, -0.2) is 0 Å². The van der Waals surface area contributed by atoms with Gasteiger partial charge in [-0.15, -0.1) is 0 Å². The van der Waals surface area contributed by atoms with Crippen LogP contribution in [0.1, 0.15) is 28.8 Å². The number of nitrogens with zero attached hydrogens (tertiary/aromatic N) is 1. The second-order valence-corrected chi connectivity index (χ2v) is 9.16. The molecule has 0 radical (unpaired) electrons. The first-order chi connectivity index (χ1) is 15.3. The van der Waals surface area contributed by atoms with Gasteiger partial charge in [-0.1, -0.05) is 66.7 Å². The molecule has 2 aliphatic rings. The number of carbonyl (C=O) groups is 1. The van der Waals surface area contributed by atoms with Gasteiger partial charge in [0.2, 0.25) is 0 Å². The normalized spacial score (nSPS) is 22.5. The van der Waals surface area contributed by atoms with Crippen LogP contribution in [-0.2, 0) is 6.54 Å². The van der Waals surface area contributed by atoms with E-state index in [4.69, 9.17) is 0 Å². The van der Waals surface area contributed by atoms with Crippen LogP contribution in [0, 0.1) is 0 Å². The minimum atomic E-state index is 0.193. The molecule has 0 atom stereocenters. The third kappa shape index (κ3) is 4.51. The van der Waals surface area contributed by atoms with Crippen LogP contribution in [0.2, 0.25) is 0 Å². The van der Waals surface area contributed by atoms with E-state index in [0.29, 0.717) is 0 Å². The maximum Gasteiger partial charge on any atom is 0.254 e. The summed E-state index contributed by atoms with van der Waals surface area (Å²) in [4.78, 5) is 18.7. The highest BCUT2D eigenvalue weighted by atomic mass is 16.2. The molecule has 0 unspecified atom stereocenters. The first kappa shape index (κ1) is 20.2. The molecule has 0 aromatic heterocycles. The Morgan fingerprint density at radius 2 is 1.48 bits per heavy atom. The predicted octanol–water partition coefficient (Wildman–Crippen LogP) is 1.43. The van der Waals surface area contributed by atoms with Crippen molar-refractivity contribution in [2.45, 2.75) is 25.4 Å². The van der Waals surface area contributed by atoms with Crippen molar-refractivity contribution in [3.8, 4) is 0 Å². The average molecular weight is 416 g/mol. The Morgan fingerprint density at radius 3 is 2.26 bits per heavy atom. The number of benzene rings is 3. The van der Waals surface area contributed by atoms with E-state index in [-0.39, 0.29) is 5.91 Å². The van der Waals surface area contributed by atoms with Crippen molar-refractivity contribution >= 4 is 16.7 Å². The number of hydrogen-bond acceptors (Lipinski definition) is 1. The maximum atomic E-state index is 13.2. The van der Waals surface area contributed by atoms with Gasteiger partial charge in [0.15, 0.2) is 0 Å². The van der Waals surface area contributed by atoms with Gasteiger partial charge in [-0.3, -0.25) is 4.79 Å². The molecule has 2 aliphatic heterocycles. The molecule has 3 aromatic rings. The fourth-order valence-electron chi connectivity index (χ4n) is 5.48. The molecule has 0 saturated carbocycles. The van der Waals surface area contributed by atoms with Crippen LogP contribution in [0.3, 0.4) is 0 Å². The summed E-state index contributed by atoms with van der Waals surface area (Å²) in [6, 6.07) is 25.9. The third-order valence-electron chi connectivity index (χ3n) is 7.28. The lowest BCUT2D eigenvalue weighted by Gasteiger charge is -2.39. The SMILES string of the molecule is O=C(c1cccc2ccccc12)N1CC[NH+](C2CC[NH+](Cc3ccccc3)CC2)CC1. The van der Waals surface area contributed by atoms with Gasteiger partial charge in [0, 0.05) is 24.0 Å². The van der Waals surface area contributed by atoms with Gasteiger partial charge in [0.1, 0.15) is 6.54 Å². The zero-order chi connectivity index (χ0) is 21.0. The van der Waals surface area contributed by atoms with Crippen LogP contribution in [-0.4, -0.2) is 56.1 Å². The highest BCUT2D eigenvalue weighted by molar-refractivity contribution is 6.07. The second kappa shape index (κ2) is 9.21. The van der Waals surface area contributed by atoms with Gasteiger partial charge in [0.05, 0.1) is 45.3 Å². The molecular formula is C27H33N3O+2. The summed E-state index contributed by atoms with van der Waals surface area (Å²) in [5.74, 6) is 0.193. The summed E-state index contributed by atoms with van der Waals surface area (Å²) in [7, 11) is 0. The minimum Gasteiger partial charge on any atom is -0.331 e. The summed E-state index contributed by atoms with van der Waals surface area (Å²) in [6.45, 7) is 7.58. The van der Waals surface area contributed by atoms with Crippen LogP contribution in [0.15, 0.2) is 72.8 Å². The number of rotatable bonds is 4. The van der Waals surface area contributed by atoms with Gasteiger partial charge < -0.3 is 14.7 Å². The van der Waals surface area contributed by atoms with Gasteiger partial charge >= 0.3 is 0 Å². The number of quaternary nitrogens is 2. The number of carbonyl (C=O) groups excluding carboxylic acids is 1. The molecule has 4 heteroatoms. The lowest BCUT2D eigenvalue weighted by atomic mass is 10.0. The molecule has 0 aliphatic carbocycles. The number of nitrogens with one attached hydrogen (secondary N) is 2. The first-order valence-electron chi connectivity index (χ1n) is 11.8. The Kier molecular flexibility index (Phi) is 6.01. The molecule has 0 spiro atoms. The average Bonchev–Trinajstić information content (AvgIpc) is 2.84. The number of piperazine rings is 1. The monoisotopic (exact) mass is 415 g/mol. The maximum absolute atomic E-state index is 13.2. The van der Waals surface area contributed by atoms with E-state index in [0.717, 1.165) is 55.1 Å². The standard InChI is InChI=1S/C27H31N3O/c31-27(26-12-6-10-23-9-4-5-11-25(23)26)30-19-17-29(18-20-30)24-13-15-28(16-14-24)21-22-7-2-1-3-8-22/h1-12,24H,13-21H2/p+2. The predicted molar refractivity (Wildman–Crippen MR) is 124 cm³/mol. The van der Waals surface area contributed by atoms with Crippen molar-refractivity contribution in [3.05, 3.63) is 83.9 Å². The Morgan fingerprint density at radius 1 is 0.806 bits per heavy atom. The molecule has 2 saturated heterocycles. The molecule has 0 bridgehead atoms. The number of piperidine rings is 1. The molecule has 3 aromatic carbocycles. The molecule has 31 heavy (non-hydrogen) atoms. The fraction of sp³-hybridized carbons (Fsp3) is 0.370. The quantitative estimate of drug-likeness (QED) is 0.663. The molecule has 5 rings (SSSR count). The zero-order valence-corrected chi connectivity index (χ0v) is 18.2. The van der Waals surface area contributed by atoms with E-state index in [9.17, 15) is 4.79 Å². The highest BCUT2D eigenvalue weighted by Crippen LogP contribution is 2.20. The zero-order valence-electron chi connectivity index (χ0n) is 18.2. The van der Waals surface area contributed by atoms with Crippen LogP contribution in [0.25, 0.3) is 10.8 Å². The topological polar surface area (TPSA) is 29.2 Å². The minimum absolute atomic E-state index is 0.193. The lowest BCUT2D eigenvalue weighted by molar-refractivity contribution is -0.965.